The van der Waals surface area contributed by atoms with Crippen molar-refractivity contribution in [1.29, 1.82) is 0 Å². The lowest BCUT2D eigenvalue weighted by atomic mass is 10.1. The minimum absolute atomic E-state index is 0.207. The number of carbonyl (C=O) groups is 1. The van der Waals surface area contributed by atoms with E-state index in [4.69, 9.17) is 0 Å². The van der Waals surface area contributed by atoms with Crippen molar-refractivity contribution in [1.82, 2.24) is 9.55 Å². The molecule has 2 aromatic carbocycles. The van der Waals surface area contributed by atoms with Crippen molar-refractivity contribution in [3.8, 4) is 0 Å². The van der Waals surface area contributed by atoms with E-state index in [2.05, 4.69) is 10.3 Å². The second-order valence-electron chi connectivity index (χ2n) is 4.84. The number of aromatic nitrogens is 2. The van der Waals surface area contributed by atoms with Gasteiger partial charge in [-0.1, -0.05) is 18.2 Å². The summed E-state index contributed by atoms with van der Waals surface area (Å²) < 4.78 is 1.54. The van der Waals surface area contributed by atoms with Gasteiger partial charge in [0.1, 0.15) is 6.33 Å². The van der Waals surface area contributed by atoms with Crippen molar-refractivity contribution in [2.45, 2.75) is 13.8 Å². The fraction of sp³-hybridized carbons (Fsp3) is 0.125. The monoisotopic (exact) mass is 265 g/mol. The third-order valence-corrected chi connectivity index (χ3v) is 3.41. The van der Waals surface area contributed by atoms with E-state index in [0.717, 1.165) is 22.3 Å². The van der Waals surface area contributed by atoms with Crippen LogP contribution in [-0.4, -0.2) is 15.6 Å². The number of nitrogens with zero attached hydrogens (tertiary/aromatic N) is 2. The molecular formula is C16H15N3O. The SMILES string of the molecule is Cc1cc2ncn(C(=O)Nc3ccccc3)c2cc1C. The van der Waals surface area contributed by atoms with Crippen LogP contribution in [0.15, 0.2) is 48.8 Å². The molecule has 20 heavy (non-hydrogen) atoms. The van der Waals surface area contributed by atoms with Gasteiger partial charge >= 0.3 is 6.03 Å². The van der Waals surface area contributed by atoms with Crippen LogP contribution in [0.4, 0.5) is 10.5 Å². The molecule has 0 spiro atoms. The van der Waals surface area contributed by atoms with Crippen LogP contribution in [0.5, 0.6) is 0 Å². The molecule has 0 saturated carbocycles. The second-order valence-corrected chi connectivity index (χ2v) is 4.84. The van der Waals surface area contributed by atoms with Gasteiger partial charge in [0.25, 0.3) is 0 Å². The van der Waals surface area contributed by atoms with Gasteiger partial charge in [0.15, 0.2) is 0 Å². The molecule has 0 bridgehead atoms. The van der Waals surface area contributed by atoms with E-state index in [1.54, 1.807) is 6.33 Å². The zero-order valence-corrected chi connectivity index (χ0v) is 11.4. The van der Waals surface area contributed by atoms with Crippen LogP contribution in [-0.2, 0) is 0 Å². The van der Waals surface area contributed by atoms with Gasteiger partial charge in [0.2, 0.25) is 0 Å². The van der Waals surface area contributed by atoms with E-state index in [1.807, 2.05) is 56.3 Å². The number of hydrogen-bond acceptors (Lipinski definition) is 2. The van der Waals surface area contributed by atoms with Gasteiger partial charge in [-0.15, -0.1) is 0 Å². The second kappa shape index (κ2) is 4.81. The minimum atomic E-state index is -0.207. The van der Waals surface area contributed by atoms with E-state index in [0.29, 0.717) is 0 Å². The van der Waals surface area contributed by atoms with Crippen molar-refractivity contribution in [3.63, 3.8) is 0 Å². The molecule has 1 amide bonds. The van der Waals surface area contributed by atoms with Gasteiger partial charge < -0.3 is 5.32 Å². The summed E-state index contributed by atoms with van der Waals surface area (Å²) in [6.45, 7) is 4.07. The number of fused-ring (bicyclic) bond motifs is 1. The molecule has 1 N–H and O–H groups in total. The highest BCUT2D eigenvalue weighted by atomic mass is 16.2. The van der Waals surface area contributed by atoms with E-state index < -0.39 is 0 Å². The lowest BCUT2D eigenvalue weighted by molar-refractivity contribution is 0.254. The maximum absolute atomic E-state index is 12.3. The van der Waals surface area contributed by atoms with Crippen molar-refractivity contribution in [2.24, 2.45) is 0 Å². The fourth-order valence-electron chi connectivity index (χ4n) is 2.13. The van der Waals surface area contributed by atoms with Crippen molar-refractivity contribution in [3.05, 3.63) is 59.9 Å². The third-order valence-electron chi connectivity index (χ3n) is 3.41. The van der Waals surface area contributed by atoms with Gasteiger partial charge in [-0.05, 0) is 49.2 Å². The van der Waals surface area contributed by atoms with Crippen molar-refractivity contribution >= 4 is 22.8 Å². The number of benzene rings is 2. The molecule has 4 nitrogen and oxygen atoms in total. The summed E-state index contributed by atoms with van der Waals surface area (Å²) >= 11 is 0. The molecule has 3 aromatic rings. The molecule has 0 unspecified atom stereocenters. The van der Waals surface area contributed by atoms with Crippen LogP contribution < -0.4 is 5.32 Å². The summed E-state index contributed by atoms with van der Waals surface area (Å²) in [6.07, 6.45) is 1.56. The first kappa shape index (κ1) is 12.4. The fourth-order valence-corrected chi connectivity index (χ4v) is 2.13. The third kappa shape index (κ3) is 2.16. The summed E-state index contributed by atoms with van der Waals surface area (Å²) in [5.41, 5.74) is 4.74. The molecule has 1 heterocycles. The Balaban J connectivity index is 1.98. The van der Waals surface area contributed by atoms with Gasteiger partial charge in [-0.25, -0.2) is 9.78 Å². The van der Waals surface area contributed by atoms with Gasteiger partial charge in [0.05, 0.1) is 11.0 Å². The summed E-state index contributed by atoms with van der Waals surface area (Å²) in [4.78, 5) is 16.6. The Morgan fingerprint density at radius 1 is 1.10 bits per heavy atom. The average Bonchev–Trinajstić information content (AvgIpc) is 2.83. The molecular weight excluding hydrogens is 250 g/mol. The van der Waals surface area contributed by atoms with Crippen LogP contribution in [0.25, 0.3) is 11.0 Å². The van der Waals surface area contributed by atoms with Crippen molar-refractivity contribution < 1.29 is 4.79 Å². The molecule has 0 aliphatic carbocycles. The van der Waals surface area contributed by atoms with Crippen LogP contribution in [0, 0.1) is 13.8 Å². The molecule has 3 rings (SSSR count). The Hall–Kier alpha value is -2.62. The summed E-state index contributed by atoms with van der Waals surface area (Å²) in [5.74, 6) is 0. The van der Waals surface area contributed by atoms with Gasteiger partial charge in [0, 0.05) is 5.69 Å². The molecule has 0 atom stereocenters. The number of aryl methyl sites for hydroxylation is 2. The lowest BCUT2D eigenvalue weighted by Crippen LogP contribution is -2.18. The van der Waals surface area contributed by atoms with E-state index in [1.165, 1.54) is 10.1 Å². The quantitative estimate of drug-likeness (QED) is 0.728. The van der Waals surface area contributed by atoms with Gasteiger partial charge in [-0.2, -0.15) is 0 Å². The Bertz CT molecular complexity index is 775. The lowest BCUT2D eigenvalue weighted by Gasteiger charge is -2.07. The van der Waals surface area contributed by atoms with Crippen LogP contribution in [0.2, 0.25) is 0 Å². The average molecular weight is 265 g/mol. The zero-order valence-electron chi connectivity index (χ0n) is 11.4. The number of hydrogen-bond donors (Lipinski definition) is 1. The number of amides is 1. The highest BCUT2D eigenvalue weighted by Crippen LogP contribution is 2.18. The number of anilines is 1. The predicted octanol–water partition coefficient (Wildman–Crippen LogP) is 3.73. The zero-order chi connectivity index (χ0) is 14.1. The first-order valence-electron chi connectivity index (χ1n) is 6.46. The van der Waals surface area contributed by atoms with Gasteiger partial charge in [-0.3, -0.25) is 4.57 Å². The Labute approximate surface area is 117 Å². The largest absolute Gasteiger partial charge is 0.331 e. The highest BCUT2D eigenvalue weighted by Gasteiger charge is 2.11. The first-order chi connectivity index (χ1) is 9.65. The molecule has 1 aromatic heterocycles. The maximum atomic E-state index is 12.3. The molecule has 0 aliphatic rings. The summed E-state index contributed by atoms with van der Waals surface area (Å²) in [7, 11) is 0. The van der Waals surface area contributed by atoms with Crippen molar-refractivity contribution in [2.75, 3.05) is 5.32 Å². The highest BCUT2D eigenvalue weighted by molar-refractivity contribution is 5.97. The molecule has 0 radical (unpaired) electrons. The molecule has 0 fully saturated rings. The van der Waals surface area contributed by atoms with Crippen LogP contribution >= 0.6 is 0 Å². The number of nitrogens with one attached hydrogen (secondary N) is 1. The molecule has 0 saturated heterocycles. The smallest absolute Gasteiger partial charge is 0.307 e. The topological polar surface area (TPSA) is 46.9 Å². The van der Waals surface area contributed by atoms with E-state index in [9.17, 15) is 4.79 Å². The number of rotatable bonds is 1. The van der Waals surface area contributed by atoms with Crippen LogP contribution in [0.1, 0.15) is 11.1 Å². The summed E-state index contributed by atoms with van der Waals surface area (Å²) in [6, 6.07) is 13.2. The number of imidazole rings is 1. The standard InChI is InChI=1S/C16H15N3O/c1-11-8-14-15(9-12(11)2)19(10-17-14)16(20)18-13-6-4-3-5-7-13/h3-10H,1-2H3,(H,18,20). The Morgan fingerprint density at radius 2 is 1.80 bits per heavy atom. The maximum Gasteiger partial charge on any atom is 0.331 e. The minimum Gasteiger partial charge on any atom is -0.307 e. The van der Waals surface area contributed by atoms with E-state index >= 15 is 0 Å². The first-order valence-corrected chi connectivity index (χ1v) is 6.46. The predicted molar refractivity (Wildman–Crippen MR) is 80.1 cm³/mol. The normalized spacial score (nSPS) is 10.7. The van der Waals surface area contributed by atoms with E-state index in [-0.39, 0.29) is 6.03 Å². The number of carbonyl (C=O) groups excluding carboxylic acids is 1. The Morgan fingerprint density at radius 3 is 2.55 bits per heavy atom. The Kier molecular flexibility index (Phi) is 2.99. The van der Waals surface area contributed by atoms with Crippen LogP contribution in [0.3, 0.4) is 0 Å². The molecule has 0 aliphatic heterocycles. The molecule has 100 valence electrons. The summed E-state index contributed by atoms with van der Waals surface area (Å²) in [5, 5.41) is 2.85. The number of para-hydroxylation sites is 1. The molecule has 4 heteroatoms.